The Hall–Kier alpha value is -1.88. The molecule has 0 spiro atoms. The van der Waals surface area contributed by atoms with Crippen molar-refractivity contribution in [2.45, 2.75) is 52.2 Å². The Morgan fingerprint density at radius 3 is 2.33 bits per heavy atom. The SMILES string of the molecule is CC(N)CCCC(=O)Nc1ccc(C(=O)OC(C)C)cc1. The van der Waals surface area contributed by atoms with E-state index in [1.807, 2.05) is 6.92 Å². The lowest BCUT2D eigenvalue weighted by atomic mass is 10.1. The van der Waals surface area contributed by atoms with Crippen LogP contribution in [0.3, 0.4) is 0 Å². The minimum Gasteiger partial charge on any atom is -0.459 e. The summed E-state index contributed by atoms with van der Waals surface area (Å²) in [6, 6.07) is 6.79. The highest BCUT2D eigenvalue weighted by Gasteiger charge is 2.09. The molecule has 0 bridgehead atoms. The van der Waals surface area contributed by atoms with Gasteiger partial charge < -0.3 is 15.8 Å². The van der Waals surface area contributed by atoms with Crippen LogP contribution in [0.4, 0.5) is 5.69 Å². The van der Waals surface area contributed by atoms with Crippen molar-refractivity contribution in [2.24, 2.45) is 5.73 Å². The van der Waals surface area contributed by atoms with E-state index in [-0.39, 0.29) is 24.0 Å². The molecule has 1 amide bonds. The Morgan fingerprint density at radius 1 is 1.19 bits per heavy atom. The van der Waals surface area contributed by atoms with Gasteiger partial charge in [-0.2, -0.15) is 0 Å². The van der Waals surface area contributed by atoms with Crippen molar-refractivity contribution in [3.63, 3.8) is 0 Å². The molecule has 0 fully saturated rings. The van der Waals surface area contributed by atoms with Crippen LogP contribution >= 0.6 is 0 Å². The molecule has 5 nitrogen and oxygen atoms in total. The molecule has 0 saturated carbocycles. The lowest BCUT2D eigenvalue weighted by Crippen LogP contribution is -2.17. The second-order valence-electron chi connectivity index (χ2n) is 5.45. The van der Waals surface area contributed by atoms with Crippen LogP contribution < -0.4 is 11.1 Å². The predicted molar refractivity (Wildman–Crippen MR) is 83.1 cm³/mol. The Kier molecular flexibility index (Phi) is 6.88. The van der Waals surface area contributed by atoms with Crippen LogP contribution in [-0.4, -0.2) is 24.0 Å². The predicted octanol–water partition coefficient (Wildman–Crippen LogP) is 2.71. The minimum absolute atomic E-state index is 0.0480. The Labute approximate surface area is 125 Å². The first-order valence-corrected chi connectivity index (χ1v) is 7.25. The van der Waals surface area contributed by atoms with Crippen molar-refractivity contribution < 1.29 is 14.3 Å². The fourth-order valence-electron chi connectivity index (χ4n) is 1.78. The second-order valence-corrected chi connectivity index (χ2v) is 5.45. The molecule has 1 unspecified atom stereocenters. The number of ether oxygens (including phenoxy) is 1. The highest BCUT2D eigenvalue weighted by atomic mass is 16.5. The summed E-state index contributed by atoms with van der Waals surface area (Å²) < 4.78 is 5.09. The third-order valence-electron chi connectivity index (χ3n) is 2.81. The maximum Gasteiger partial charge on any atom is 0.338 e. The maximum atomic E-state index is 11.7. The van der Waals surface area contributed by atoms with Crippen LogP contribution in [0.5, 0.6) is 0 Å². The minimum atomic E-state index is -0.361. The molecule has 1 rings (SSSR count). The van der Waals surface area contributed by atoms with E-state index in [0.717, 1.165) is 12.8 Å². The number of nitrogens with two attached hydrogens (primary N) is 1. The lowest BCUT2D eigenvalue weighted by molar-refractivity contribution is -0.116. The number of benzene rings is 1. The second kappa shape index (κ2) is 8.42. The average Bonchev–Trinajstić information content (AvgIpc) is 2.38. The molecule has 3 N–H and O–H groups in total. The highest BCUT2D eigenvalue weighted by Crippen LogP contribution is 2.12. The van der Waals surface area contributed by atoms with E-state index in [4.69, 9.17) is 10.5 Å². The van der Waals surface area contributed by atoms with Gasteiger partial charge in [0, 0.05) is 18.2 Å². The van der Waals surface area contributed by atoms with Gasteiger partial charge in [0.1, 0.15) is 0 Å². The number of hydrogen-bond donors (Lipinski definition) is 2. The number of esters is 1. The molecule has 0 aliphatic heterocycles. The first-order chi connectivity index (χ1) is 9.88. The van der Waals surface area contributed by atoms with Gasteiger partial charge in [0.25, 0.3) is 0 Å². The van der Waals surface area contributed by atoms with E-state index in [1.54, 1.807) is 38.1 Å². The van der Waals surface area contributed by atoms with Crippen molar-refractivity contribution in [1.82, 2.24) is 0 Å². The Bertz CT molecular complexity index is 467. The number of anilines is 1. The van der Waals surface area contributed by atoms with Gasteiger partial charge in [0.05, 0.1) is 11.7 Å². The molecule has 0 saturated heterocycles. The number of rotatable bonds is 7. The molecule has 1 aromatic rings. The van der Waals surface area contributed by atoms with Crippen molar-refractivity contribution >= 4 is 17.6 Å². The zero-order valence-corrected chi connectivity index (χ0v) is 12.9. The molecule has 116 valence electrons. The fraction of sp³-hybridized carbons (Fsp3) is 0.500. The third kappa shape index (κ3) is 6.90. The van der Waals surface area contributed by atoms with Crippen LogP contribution in [0.1, 0.15) is 50.4 Å². The summed E-state index contributed by atoms with van der Waals surface area (Å²) in [7, 11) is 0. The number of amides is 1. The maximum absolute atomic E-state index is 11.7. The molecule has 21 heavy (non-hydrogen) atoms. The van der Waals surface area contributed by atoms with Gasteiger partial charge in [0.15, 0.2) is 0 Å². The topological polar surface area (TPSA) is 81.4 Å². The van der Waals surface area contributed by atoms with E-state index in [1.165, 1.54) is 0 Å². The highest BCUT2D eigenvalue weighted by molar-refractivity contribution is 5.93. The molecular weight excluding hydrogens is 268 g/mol. The Balaban J connectivity index is 2.47. The van der Waals surface area contributed by atoms with Crippen LogP contribution in [0.15, 0.2) is 24.3 Å². The van der Waals surface area contributed by atoms with E-state index in [9.17, 15) is 9.59 Å². The quantitative estimate of drug-likeness (QED) is 0.757. The van der Waals surface area contributed by atoms with Gasteiger partial charge in [-0.3, -0.25) is 4.79 Å². The largest absolute Gasteiger partial charge is 0.459 e. The molecule has 1 atom stereocenters. The number of carbonyl (C=O) groups excluding carboxylic acids is 2. The molecule has 0 heterocycles. The number of nitrogens with one attached hydrogen (secondary N) is 1. The summed E-state index contributed by atoms with van der Waals surface area (Å²) in [5.41, 5.74) is 6.77. The molecule has 5 heteroatoms. The van der Waals surface area contributed by atoms with Gasteiger partial charge in [-0.1, -0.05) is 0 Å². The summed E-state index contributed by atoms with van der Waals surface area (Å²) in [6.07, 6.45) is 1.88. The lowest BCUT2D eigenvalue weighted by Gasteiger charge is -2.09. The van der Waals surface area contributed by atoms with Crippen LogP contribution in [0, 0.1) is 0 Å². The zero-order valence-electron chi connectivity index (χ0n) is 12.9. The number of hydrogen-bond acceptors (Lipinski definition) is 4. The smallest absolute Gasteiger partial charge is 0.338 e. The van der Waals surface area contributed by atoms with E-state index in [2.05, 4.69) is 5.32 Å². The van der Waals surface area contributed by atoms with Crippen molar-refractivity contribution in [2.75, 3.05) is 5.32 Å². The molecule has 0 aliphatic rings. The van der Waals surface area contributed by atoms with Gasteiger partial charge in [-0.05, 0) is 57.9 Å². The van der Waals surface area contributed by atoms with Gasteiger partial charge >= 0.3 is 5.97 Å². The molecule has 0 aromatic heterocycles. The van der Waals surface area contributed by atoms with Crippen LogP contribution in [0.2, 0.25) is 0 Å². The first kappa shape index (κ1) is 17.2. The van der Waals surface area contributed by atoms with Crippen LogP contribution in [0.25, 0.3) is 0 Å². The summed E-state index contributed by atoms with van der Waals surface area (Å²) in [4.78, 5) is 23.4. The van der Waals surface area contributed by atoms with E-state index in [0.29, 0.717) is 17.7 Å². The van der Waals surface area contributed by atoms with Gasteiger partial charge in [-0.15, -0.1) is 0 Å². The first-order valence-electron chi connectivity index (χ1n) is 7.25. The fourth-order valence-corrected chi connectivity index (χ4v) is 1.78. The normalized spacial score (nSPS) is 12.0. The molecule has 1 aromatic carbocycles. The Morgan fingerprint density at radius 2 is 1.81 bits per heavy atom. The van der Waals surface area contributed by atoms with Gasteiger partial charge in [-0.25, -0.2) is 4.79 Å². The average molecular weight is 292 g/mol. The third-order valence-corrected chi connectivity index (χ3v) is 2.81. The summed E-state index contributed by atoms with van der Waals surface area (Å²) in [6.45, 7) is 5.52. The van der Waals surface area contributed by atoms with Gasteiger partial charge in [0.2, 0.25) is 5.91 Å². The summed E-state index contributed by atoms with van der Waals surface area (Å²) in [5.74, 6) is -0.409. The van der Waals surface area contributed by atoms with E-state index >= 15 is 0 Å². The van der Waals surface area contributed by atoms with Crippen molar-refractivity contribution in [1.29, 1.82) is 0 Å². The van der Waals surface area contributed by atoms with E-state index < -0.39 is 0 Å². The molecule has 0 radical (unpaired) electrons. The van der Waals surface area contributed by atoms with Crippen molar-refractivity contribution in [3.8, 4) is 0 Å². The summed E-state index contributed by atoms with van der Waals surface area (Å²) >= 11 is 0. The number of carbonyl (C=O) groups is 2. The molecular formula is C16H24N2O3. The molecule has 0 aliphatic carbocycles. The zero-order chi connectivity index (χ0) is 15.8. The van der Waals surface area contributed by atoms with Crippen LogP contribution in [-0.2, 0) is 9.53 Å². The monoisotopic (exact) mass is 292 g/mol. The summed E-state index contributed by atoms with van der Waals surface area (Å²) in [5, 5.41) is 2.79. The standard InChI is InChI=1S/C16H24N2O3/c1-11(2)21-16(20)13-7-9-14(10-8-13)18-15(19)6-4-5-12(3)17/h7-12H,4-6,17H2,1-3H3,(H,18,19). The van der Waals surface area contributed by atoms with Crippen molar-refractivity contribution in [3.05, 3.63) is 29.8 Å².